The molecule has 148 valence electrons. The van der Waals surface area contributed by atoms with Gasteiger partial charge in [-0.3, -0.25) is 4.99 Å². The molecule has 2 aromatic carbocycles. The van der Waals surface area contributed by atoms with Crippen LogP contribution in [0, 0.1) is 0 Å². The molecule has 1 heterocycles. The molecule has 3 rings (SSSR count). The normalized spacial score (nSPS) is 11.9. The molecule has 0 unspecified atom stereocenters. The van der Waals surface area contributed by atoms with Gasteiger partial charge >= 0.3 is 0 Å². The van der Waals surface area contributed by atoms with Crippen LogP contribution < -0.4 is 10.6 Å². The molecule has 3 aromatic rings. The molecule has 5 nitrogen and oxygen atoms in total. The van der Waals surface area contributed by atoms with E-state index in [-0.39, 0.29) is 0 Å². The van der Waals surface area contributed by atoms with Gasteiger partial charge in [0.05, 0.1) is 0 Å². The van der Waals surface area contributed by atoms with E-state index >= 15 is 0 Å². The van der Waals surface area contributed by atoms with Crippen molar-refractivity contribution in [3.8, 4) is 0 Å². The number of hydrogen-bond donors (Lipinski definition) is 3. The summed E-state index contributed by atoms with van der Waals surface area (Å²) in [7, 11) is 3.96. The van der Waals surface area contributed by atoms with E-state index in [0.29, 0.717) is 0 Å². The van der Waals surface area contributed by atoms with Gasteiger partial charge in [-0.1, -0.05) is 49.4 Å². The van der Waals surface area contributed by atoms with E-state index in [2.05, 4.69) is 94.2 Å². The Morgan fingerprint density at radius 3 is 2.71 bits per heavy atom. The first kappa shape index (κ1) is 20.0. The lowest BCUT2D eigenvalue weighted by molar-refractivity contribution is 0.345. The number of para-hydroxylation sites is 1. The van der Waals surface area contributed by atoms with Crippen molar-refractivity contribution in [2.24, 2.45) is 4.99 Å². The minimum absolute atomic E-state index is 0.760. The molecular weight excluding hydrogens is 346 g/mol. The van der Waals surface area contributed by atoms with Crippen LogP contribution in [0.15, 0.2) is 59.7 Å². The molecule has 0 aliphatic heterocycles. The second-order valence-corrected chi connectivity index (χ2v) is 7.11. The fraction of sp³-hybridized carbons (Fsp3) is 0.348. The van der Waals surface area contributed by atoms with Crippen molar-refractivity contribution in [2.75, 3.05) is 27.2 Å². The molecule has 0 aliphatic rings. The van der Waals surface area contributed by atoms with E-state index < -0.39 is 0 Å². The van der Waals surface area contributed by atoms with E-state index in [9.17, 15) is 0 Å². The molecule has 0 saturated heterocycles. The van der Waals surface area contributed by atoms with Gasteiger partial charge < -0.3 is 20.5 Å². The zero-order valence-electron chi connectivity index (χ0n) is 17.1. The molecule has 0 fully saturated rings. The fourth-order valence-corrected chi connectivity index (χ4v) is 3.32. The van der Waals surface area contributed by atoms with Crippen LogP contribution in [0.25, 0.3) is 10.9 Å². The Kier molecular flexibility index (Phi) is 7.09. The van der Waals surface area contributed by atoms with Crippen LogP contribution in [-0.4, -0.2) is 43.0 Å². The molecule has 0 atom stereocenters. The minimum atomic E-state index is 0.760. The third-order valence-corrected chi connectivity index (χ3v) is 5.03. The zero-order chi connectivity index (χ0) is 19.8. The average molecular weight is 378 g/mol. The number of H-pyrrole nitrogens is 1. The van der Waals surface area contributed by atoms with Crippen LogP contribution in [0.5, 0.6) is 0 Å². The lowest BCUT2D eigenvalue weighted by Gasteiger charge is -2.15. The van der Waals surface area contributed by atoms with Crippen molar-refractivity contribution in [1.82, 2.24) is 20.5 Å². The van der Waals surface area contributed by atoms with Crippen molar-refractivity contribution in [3.05, 3.63) is 71.4 Å². The molecule has 0 saturated carbocycles. The van der Waals surface area contributed by atoms with Crippen LogP contribution in [0.4, 0.5) is 0 Å². The number of guanidine groups is 1. The highest BCUT2D eigenvalue weighted by Gasteiger charge is 2.04. The number of benzene rings is 2. The second kappa shape index (κ2) is 9.95. The Morgan fingerprint density at radius 2 is 1.89 bits per heavy atom. The highest BCUT2D eigenvalue weighted by atomic mass is 15.2. The predicted molar refractivity (Wildman–Crippen MR) is 119 cm³/mol. The average Bonchev–Trinajstić information content (AvgIpc) is 3.14. The summed E-state index contributed by atoms with van der Waals surface area (Å²) in [6.07, 6.45) is 3.05. The lowest BCUT2D eigenvalue weighted by atomic mass is 10.1. The Labute approximate surface area is 167 Å². The van der Waals surface area contributed by atoms with Crippen LogP contribution in [0.1, 0.15) is 23.6 Å². The molecular formula is C23H31N5. The SMILES string of the molecule is CCN(C)Cc1cccc(CNC(=NC)NCCc2c[nH]c3ccccc23)c1. The van der Waals surface area contributed by atoms with Crippen molar-refractivity contribution in [1.29, 1.82) is 0 Å². The minimum Gasteiger partial charge on any atom is -0.361 e. The van der Waals surface area contributed by atoms with Gasteiger partial charge in [-0.25, -0.2) is 0 Å². The third kappa shape index (κ3) is 5.36. The van der Waals surface area contributed by atoms with Gasteiger partial charge in [0.2, 0.25) is 0 Å². The van der Waals surface area contributed by atoms with Gasteiger partial charge in [-0.05, 0) is 42.8 Å². The van der Waals surface area contributed by atoms with Crippen molar-refractivity contribution >= 4 is 16.9 Å². The number of aromatic amines is 1. The maximum Gasteiger partial charge on any atom is 0.191 e. The first-order valence-electron chi connectivity index (χ1n) is 9.95. The summed E-state index contributed by atoms with van der Waals surface area (Å²) >= 11 is 0. The van der Waals surface area contributed by atoms with E-state index in [0.717, 1.165) is 38.6 Å². The number of aliphatic imine (C=N–C) groups is 1. The van der Waals surface area contributed by atoms with Crippen LogP contribution >= 0.6 is 0 Å². The molecule has 5 heteroatoms. The zero-order valence-corrected chi connectivity index (χ0v) is 17.1. The van der Waals surface area contributed by atoms with Gasteiger partial charge in [0.25, 0.3) is 0 Å². The number of nitrogens with one attached hydrogen (secondary N) is 3. The maximum atomic E-state index is 4.35. The number of aromatic nitrogens is 1. The summed E-state index contributed by atoms with van der Waals surface area (Å²) in [5.41, 5.74) is 5.12. The van der Waals surface area contributed by atoms with Gasteiger partial charge in [0.15, 0.2) is 5.96 Å². The standard InChI is InChI=1S/C23H31N5/c1-4-28(3)17-19-9-7-8-18(14-19)15-27-23(24-2)25-13-12-20-16-26-22-11-6-5-10-21(20)22/h5-11,14,16,26H,4,12-13,15,17H2,1-3H3,(H2,24,25,27). The van der Waals surface area contributed by atoms with Gasteiger partial charge in [-0.2, -0.15) is 0 Å². The monoisotopic (exact) mass is 377 g/mol. The first-order valence-corrected chi connectivity index (χ1v) is 9.95. The summed E-state index contributed by atoms with van der Waals surface area (Å²) in [6, 6.07) is 17.1. The predicted octanol–water partition coefficient (Wildman–Crippen LogP) is 3.53. The summed E-state index contributed by atoms with van der Waals surface area (Å²) in [6.45, 7) is 5.80. The smallest absolute Gasteiger partial charge is 0.191 e. The van der Waals surface area contributed by atoms with E-state index in [1.54, 1.807) is 0 Å². The number of fused-ring (bicyclic) bond motifs is 1. The van der Waals surface area contributed by atoms with Crippen LogP contribution in [0.3, 0.4) is 0 Å². The molecule has 0 spiro atoms. The van der Waals surface area contributed by atoms with Gasteiger partial charge in [-0.15, -0.1) is 0 Å². The molecule has 3 N–H and O–H groups in total. The molecule has 0 bridgehead atoms. The highest BCUT2D eigenvalue weighted by Crippen LogP contribution is 2.17. The lowest BCUT2D eigenvalue weighted by Crippen LogP contribution is -2.37. The molecule has 1 aromatic heterocycles. The second-order valence-electron chi connectivity index (χ2n) is 7.11. The van der Waals surface area contributed by atoms with Crippen molar-refractivity contribution < 1.29 is 0 Å². The highest BCUT2D eigenvalue weighted by molar-refractivity contribution is 5.83. The van der Waals surface area contributed by atoms with Crippen LogP contribution in [-0.2, 0) is 19.5 Å². The summed E-state index contributed by atoms with van der Waals surface area (Å²) in [5.74, 6) is 0.830. The largest absolute Gasteiger partial charge is 0.361 e. The number of hydrogen-bond acceptors (Lipinski definition) is 2. The van der Waals surface area contributed by atoms with E-state index in [1.165, 1.54) is 27.6 Å². The van der Waals surface area contributed by atoms with E-state index in [4.69, 9.17) is 0 Å². The summed E-state index contributed by atoms with van der Waals surface area (Å²) < 4.78 is 0. The Morgan fingerprint density at radius 1 is 1.07 bits per heavy atom. The van der Waals surface area contributed by atoms with Crippen molar-refractivity contribution in [2.45, 2.75) is 26.4 Å². The molecule has 0 amide bonds. The topological polar surface area (TPSA) is 55.4 Å². The van der Waals surface area contributed by atoms with Crippen molar-refractivity contribution in [3.63, 3.8) is 0 Å². The fourth-order valence-electron chi connectivity index (χ4n) is 3.32. The summed E-state index contributed by atoms with van der Waals surface area (Å²) in [4.78, 5) is 9.98. The third-order valence-electron chi connectivity index (χ3n) is 5.03. The first-order chi connectivity index (χ1) is 13.7. The quantitative estimate of drug-likeness (QED) is 0.416. The Balaban J connectivity index is 1.49. The summed E-state index contributed by atoms with van der Waals surface area (Å²) in [5, 5.41) is 8.12. The van der Waals surface area contributed by atoms with E-state index in [1.807, 2.05) is 7.05 Å². The van der Waals surface area contributed by atoms with Gasteiger partial charge in [0.1, 0.15) is 0 Å². The Bertz CT molecular complexity index is 912. The maximum absolute atomic E-state index is 4.35. The molecule has 0 radical (unpaired) electrons. The van der Waals surface area contributed by atoms with Gasteiger partial charge in [0, 0.05) is 43.8 Å². The number of nitrogens with zero attached hydrogens (tertiary/aromatic N) is 2. The number of rotatable bonds is 8. The molecule has 28 heavy (non-hydrogen) atoms. The Hall–Kier alpha value is -2.79. The molecule has 0 aliphatic carbocycles. The van der Waals surface area contributed by atoms with Crippen LogP contribution in [0.2, 0.25) is 0 Å².